The molecule has 1 saturated heterocycles. The molecule has 0 saturated carbocycles. The number of aryl methyl sites for hydroxylation is 1. The van der Waals surface area contributed by atoms with Gasteiger partial charge in [-0.2, -0.15) is 0 Å². The highest BCUT2D eigenvalue weighted by Gasteiger charge is 2.28. The molecule has 124 valence electrons. The van der Waals surface area contributed by atoms with E-state index in [2.05, 4.69) is 24.3 Å². The summed E-state index contributed by atoms with van der Waals surface area (Å²) in [6, 6.07) is 6.25. The molecular formula is C18H24N2O3. The second kappa shape index (κ2) is 6.24. The van der Waals surface area contributed by atoms with E-state index in [-0.39, 0.29) is 5.91 Å². The molecule has 1 amide bonds. The number of amides is 1. The predicted molar refractivity (Wildman–Crippen MR) is 89.6 cm³/mol. The first-order valence-electron chi connectivity index (χ1n) is 8.17. The van der Waals surface area contributed by atoms with Crippen molar-refractivity contribution in [2.75, 3.05) is 7.11 Å². The van der Waals surface area contributed by atoms with Gasteiger partial charge < -0.3 is 9.15 Å². The van der Waals surface area contributed by atoms with Gasteiger partial charge in [-0.1, -0.05) is 6.42 Å². The van der Waals surface area contributed by atoms with E-state index in [0.29, 0.717) is 23.4 Å². The number of nitrogens with one attached hydrogen (secondary N) is 1. The minimum Gasteiger partial charge on any atom is -0.497 e. The summed E-state index contributed by atoms with van der Waals surface area (Å²) in [5.41, 5.74) is 4.58. The highest BCUT2D eigenvalue weighted by Crippen LogP contribution is 2.29. The molecule has 23 heavy (non-hydrogen) atoms. The molecule has 1 aromatic heterocycles. The Bertz CT molecular complexity index is 712. The van der Waals surface area contributed by atoms with Gasteiger partial charge in [-0.25, -0.2) is 5.01 Å². The second-order valence-electron chi connectivity index (χ2n) is 6.40. The number of ether oxygens (including phenoxy) is 1. The Balaban J connectivity index is 1.87. The summed E-state index contributed by atoms with van der Waals surface area (Å²) in [4.78, 5) is 12.7. The first kappa shape index (κ1) is 15.9. The van der Waals surface area contributed by atoms with Gasteiger partial charge in [0.05, 0.1) is 7.11 Å². The van der Waals surface area contributed by atoms with Crippen LogP contribution in [-0.4, -0.2) is 30.1 Å². The van der Waals surface area contributed by atoms with Crippen LogP contribution < -0.4 is 10.2 Å². The number of carbonyl (C=O) groups is 1. The molecule has 3 rings (SSSR count). The minimum absolute atomic E-state index is 0.182. The summed E-state index contributed by atoms with van der Waals surface area (Å²) in [5.74, 6) is 0.947. The summed E-state index contributed by atoms with van der Waals surface area (Å²) < 4.78 is 11.0. The maximum absolute atomic E-state index is 12.7. The fraction of sp³-hybridized carbons (Fsp3) is 0.500. The number of hydrogen-bond donors (Lipinski definition) is 1. The number of methoxy groups -OCH3 is 1. The molecule has 5 nitrogen and oxygen atoms in total. The minimum atomic E-state index is -0.182. The van der Waals surface area contributed by atoms with Crippen molar-refractivity contribution in [2.24, 2.45) is 0 Å². The quantitative estimate of drug-likeness (QED) is 0.939. The molecule has 1 fully saturated rings. The number of furan rings is 1. The number of rotatable bonds is 3. The standard InChI is InChI=1S/C18H24N2O3/c1-11-6-5-7-12(2)20(11)19-18(21)17-13(3)15-10-14(22-4)8-9-16(15)23-17/h8-12H,5-7H2,1-4H3,(H,19,21)/t11-,12-/m0/s1. The fourth-order valence-corrected chi connectivity index (χ4v) is 3.35. The maximum Gasteiger partial charge on any atom is 0.301 e. The largest absolute Gasteiger partial charge is 0.497 e. The Morgan fingerprint density at radius 3 is 2.65 bits per heavy atom. The number of hydrogen-bond acceptors (Lipinski definition) is 4. The fourth-order valence-electron chi connectivity index (χ4n) is 3.35. The first-order chi connectivity index (χ1) is 11.0. The van der Waals surface area contributed by atoms with Gasteiger partial charge in [0, 0.05) is 23.0 Å². The van der Waals surface area contributed by atoms with Gasteiger partial charge in [0.2, 0.25) is 0 Å². The predicted octanol–water partition coefficient (Wildman–Crippen LogP) is 3.66. The molecule has 2 aromatic rings. The summed E-state index contributed by atoms with van der Waals surface area (Å²) in [6.45, 7) is 6.20. The van der Waals surface area contributed by atoms with E-state index in [9.17, 15) is 4.79 Å². The lowest BCUT2D eigenvalue weighted by Gasteiger charge is -2.38. The zero-order chi connectivity index (χ0) is 16.6. The second-order valence-corrected chi connectivity index (χ2v) is 6.40. The van der Waals surface area contributed by atoms with E-state index in [1.165, 1.54) is 6.42 Å². The van der Waals surface area contributed by atoms with E-state index in [1.807, 2.05) is 25.1 Å². The maximum atomic E-state index is 12.7. The highest BCUT2D eigenvalue weighted by atomic mass is 16.5. The van der Waals surface area contributed by atoms with Crippen LogP contribution in [0.2, 0.25) is 0 Å². The molecule has 1 N–H and O–H groups in total. The van der Waals surface area contributed by atoms with Crippen LogP contribution >= 0.6 is 0 Å². The third kappa shape index (κ3) is 2.93. The van der Waals surface area contributed by atoms with Crippen LogP contribution in [0.1, 0.15) is 49.2 Å². The molecule has 0 radical (unpaired) electrons. The van der Waals surface area contributed by atoms with Crippen molar-refractivity contribution in [2.45, 2.75) is 52.1 Å². The van der Waals surface area contributed by atoms with Crippen LogP contribution in [0.5, 0.6) is 5.75 Å². The Labute approximate surface area is 136 Å². The molecule has 0 unspecified atom stereocenters. The third-order valence-electron chi connectivity index (χ3n) is 4.77. The van der Waals surface area contributed by atoms with Gasteiger partial charge in [-0.15, -0.1) is 0 Å². The topological polar surface area (TPSA) is 54.7 Å². The van der Waals surface area contributed by atoms with Gasteiger partial charge in [0.15, 0.2) is 5.76 Å². The molecule has 5 heteroatoms. The Morgan fingerprint density at radius 1 is 1.30 bits per heavy atom. The number of nitrogens with zero attached hydrogens (tertiary/aromatic N) is 1. The van der Waals surface area contributed by atoms with Crippen molar-refractivity contribution in [1.29, 1.82) is 0 Å². The van der Waals surface area contributed by atoms with Crippen molar-refractivity contribution in [3.63, 3.8) is 0 Å². The van der Waals surface area contributed by atoms with Crippen LogP contribution in [0.4, 0.5) is 0 Å². The Hall–Kier alpha value is -2.01. The number of piperidine rings is 1. The smallest absolute Gasteiger partial charge is 0.301 e. The zero-order valence-electron chi connectivity index (χ0n) is 14.2. The molecule has 0 spiro atoms. The summed E-state index contributed by atoms with van der Waals surface area (Å²) in [6.07, 6.45) is 3.40. The van der Waals surface area contributed by atoms with Gasteiger partial charge in [0.1, 0.15) is 11.3 Å². The number of hydrazine groups is 1. The van der Waals surface area contributed by atoms with Gasteiger partial charge in [-0.05, 0) is 51.8 Å². The van der Waals surface area contributed by atoms with E-state index in [1.54, 1.807) is 7.11 Å². The van der Waals surface area contributed by atoms with E-state index in [0.717, 1.165) is 29.5 Å². The van der Waals surface area contributed by atoms with Gasteiger partial charge in [0.25, 0.3) is 0 Å². The van der Waals surface area contributed by atoms with Gasteiger partial charge >= 0.3 is 5.91 Å². The van der Waals surface area contributed by atoms with Crippen LogP contribution in [-0.2, 0) is 0 Å². The number of fused-ring (bicyclic) bond motifs is 1. The molecule has 2 heterocycles. The number of benzene rings is 1. The van der Waals surface area contributed by atoms with Crippen molar-refractivity contribution in [3.8, 4) is 5.75 Å². The van der Waals surface area contributed by atoms with Crippen LogP contribution in [0.15, 0.2) is 22.6 Å². The van der Waals surface area contributed by atoms with Crippen LogP contribution in [0.3, 0.4) is 0 Å². The van der Waals surface area contributed by atoms with Crippen molar-refractivity contribution in [1.82, 2.24) is 10.4 Å². The molecule has 0 aliphatic carbocycles. The average molecular weight is 316 g/mol. The van der Waals surface area contributed by atoms with Crippen LogP contribution in [0, 0.1) is 6.92 Å². The van der Waals surface area contributed by atoms with Crippen molar-refractivity contribution >= 4 is 16.9 Å². The Morgan fingerprint density at radius 2 is 2.00 bits per heavy atom. The molecule has 1 aliphatic heterocycles. The molecule has 2 atom stereocenters. The lowest BCUT2D eigenvalue weighted by Crippen LogP contribution is -2.54. The lowest BCUT2D eigenvalue weighted by molar-refractivity contribution is 0.0352. The first-order valence-corrected chi connectivity index (χ1v) is 8.17. The molecule has 1 aromatic carbocycles. The summed E-state index contributed by atoms with van der Waals surface area (Å²) >= 11 is 0. The summed E-state index contributed by atoms with van der Waals surface area (Å²) in [7, 11) is 1.63. The Kier molecular flexibility index (Phi) is 4.31. The van der Waals surface area contributed by atoms with Crippen molar-refractivity contribution in [3.05, 3.63) is 29.5 Å². The summed E-state index contributed by atoms with van der Waals surface area (Å²) in [5, 5.41) is 2.97. The molecule has 0 bridgehead atoms. The van der Waals surface area contributed by atoms with Gasteiger partial charge in [-0.3, -0.25) is 10.2 Å². The normalized spacial score (nSPS) is 22.3. The lowest BCUT2D eigenvalue weighted by atomic mass is 10.00. The SMILES string of the molecule is COc1ccc2oc(C(=O)NN3[C@@H](C)CCC[C@@H]3C)c(C)c2c1. The van der Waals surface area contributed by atoms with Crippen LogP contribution in [0.25, 0.3) is 11.0 Å². The molecule has 1 aliphatic rings. The van der Waals surface area contributed by atoms with E-state index < -0.39 is 0 Å². The monoisotopic (exact) mass is 316 g/mol. The van der Waals surface area contributed by atoms with Crippen molar-refractivity contribution < 1.29 is 13.9 Å². The third-order valence-corrected chi connectivity index (χ3v) is 4.77. The number of carbonyl (C=O) groups excluding carboxylic acids is 1. The van der Waals surface area contributed by atoms with E-state index in [4.69, 9.17) is 9.15 Å². The van der Waals surface area contributed by atoms with E-state index >= 15 is 0 Å². The molecular weight excluding hydrogens is 292 g/mol. The highest BCUT2D eigenvalue weighted by molar-refractivity contribution is 5.99. The average Bonchev–Trinajstić information content (AvgIpc) is 2.87. The zero-order valence-corrected chi connectivity index (χ0v) is 14.2.